The van der Waals surface area contributed by atoms with E-state index in [-0.39, 0.29) is 23.0 Å². The minimum atomic E-state index is -0.419. The Morgan fingerprint density at radius 2 is 2.04 bits per heavy atom. The number of likely N-dealkylation sites (tertiary alicyclic amines) is 1. The highest BCUT2D eigenvalue weighted by molar-refractivity contribution is 8.00. The molecule has 1 aromatic rings. The van der Waals surface area contributed by atoms with E-state index in [1.165, 1.54) is 22.9 Å². The van der Waals surface area contributed by atoms with Gasteiger partial charge in [0.25, 0.3) is 0 Å². The van der Waals surface area contributed by atoms with Crippen LogP contribution in [0.3, 0.4) is 0 Å². The number of fused-ring (bicyclic) bond motifs is 1. The summed E-state index contributed by atoms with van der Waals surface area (Å²) in [5.41, 5.74) is 2.87. The molecule has 1 aliphatic carbocycles. The van der Waals surface area contributed by atoms with Gasteiger partial charge in [0.2, 0.25) is 5.91 Å². The summed E-state index contributed by atoms with van der Waals surface area (Å²) in [6, 6.07) is 7.84. The lowest BCUT2D eigenvalue weighted by Gasteiger charge is -2.28. The molecule has 5 nitrogen and oxygen atoms in total. The molecule has 4 atom stereocenters. The molecule has 28 heavy (non-hydrogen) atoms. The van der Waals surface area contributed by atoms with Crippen molar-refractivity contribution in [3.05, 3.63) is 35.4 Å². The van der Waals surface area contributed by atoms with Crippen molar-refractivity contribution in [1.82, 2.24) is 10.2 Å². The van der Waals surface area contributed by atoms with Crippen molar-refractivity contribution >= 4 is 29.7 Å². The summed E-state index contributed by atoms with van der Waals surface area (Å²) in [5, 5.41) is 2.70. The predicted octanol–water partition coefficient (Wildman–Crippen LogP) is 2.36. The highest BCUT2D eigenvalue weighted by Gasteiger charge is 2.42. The van der Waals surface area contributed by atoms with Crippen molar-refractivity contribution in [3.63, 3.8) is 0 Å². The summed E-state index contributed by atoms with van der Waals surface area (Å²) in [5.74, 6) is 1.31. The molecule has 1 unspecified atom stereocenters. The number of carbonyl (C=O) groups excluding carboxylic acids is 3. The van der Waals surface area contributed by atoms with Gasteiger partial charge < -0.3 is 9.69 Å². The van der Waals surface area contributed by atoms with Crippen LogP contribution in [0.15, 0.2) is 24.3 Å². The molecule has 1 N–H and O–H groups in total. The average molecular weight is 401 g/mol. The summed E-state index contributed by atoms with van der Waals surface area (Å²) in [6.45, 7) is 0.666. The molecule has 3 aliphatic rings. The summed E-state index contributed by atoms with van der Waals surface area (Å²) in [6.07, 6.45) is 7.11. The molecule has 2 saturated heterocycles. The Morgan fingerprint density at radius 1 is 1.21 bits per heavy atom. The lowest BCUT2D eigenvalue weighted by Crippen LogP contribution is -2.47. The van der Waals surface area contributed by atoms with Crippen molar-refractivity contribution < 1.29 is 14.4 Å². The quantitative estimate of drug-likeness (QED) is 0.743. The normalized spacial score (nSPS) is 29.5. The molecule has 2 fully saturated rings. The number of ketones is 1. The molecule has 0 spiro atoms. The van der Waals surface area contributed by atoms with Gasteiger partial charge in [-0.2, -0.15) is 0 Å². The molecule has 1 amide bonds. The van der Waals surface area contributed by atoms with E-state index in [1.807, 2.05) is 0 Å². The number of hydrogen-bond donors (Lipinski definition) is 1. The smallest absolute Gasteiger partial charge is 0.223 e. The number of Topliss-reactive ketones (excluding diaryl/α,β-unsaturated/α-hetero) is 1. The molecule has 150 valence electrons. The van der Waals surface area contributed by atoms with E-state index >= 15 is 0 Å². The molecule has 0 saturated carbocycles. The number of hydrogen-bond acceptors (Lipinski definition) is 5. The topological polar surface area (TPSA) is 66.5 Å². The van der Waals surface area contributed by atoms with E-state index in [2.05, 4.69) is 29.6 Å². The molecule has 2 aliphatic heterocycles. The van der Waals surface area contributed by atoms with E-state index in [0.29, 0.717) is 24.8 Å². The zero-order chi connectivity index (χ0) is 19.5. The number of amides is 1. The maximum Gasteiger partial charge on any atom is 0.223 e. The number of thioether (sulfide) groups is 1. The number of rotatable bonds is 6. The third-order valence-corrected chi connectivity index (χ3v) is 7.67. The van der Waals surface area contributed by atoms with Gasteiger partial charge >= 0.3 is 0 Å². The van der Waals surface area contributed by atoms with E-state index < -0.39 is 6.04 Å². The molecule has 4 rings (SSSR count). The summed E-state index contributed by atoms with van der Waals surface area (Å²) in [4.78, 5) is 38.9. The molecule has 1 aromatic carbocycles. The van der Waals surface area contributed by atoms with Gasteiger partial charge in [-0.15, -0.1) is 11.8 Å². The zero-order valence-corrected chi connectivity index (χ0v) is 17.0. The van der Waals surface area contributed by atoms with Crippen molar-refractivity contribution in [3.8, 4) is 0 Å². The minimum absolute atomic E-state index is 0.0459. The first kappa shape index (κ1) is 19.6. The SMILES string of the molecule is O=C[C@H]1NCSC1C(=O)[C@@H]1CCCN1C(=O)CC[C@H]1CCc2ccccc2C1. The van der Waals surface area contributed by atoms with Crippen LogP contribution in [-0.2, 0) is 27.2 Å². The van der Waals surface area contributed by atoms with Crippen LogP contribution < -0.4 is 5.32 Å². The second-order valence-electron chi connectivity index (χ2n) is 8.16. The molecular weight excluding hydrogens is 372 g/mol. The van der Waals surface area contributed by atoms with Crippen molar-refractivity contribution in [2.45, 2.75) is 62.3 Å². The highest BCUT2D eigenvalue weighted by Crippen LogP contribution is 2.31. The first-order chi connectivity index (χ1) is 13.7. The molecule has 0 bridgehead atoms. The minimum Gasteiger partial charge on any atom is -0.333 e. The Bertz CT molecular complexity index is 753. The third kappa shape index (κ3) is 4.03. The second kappa shape index (κ2) is 8.78. The van der Waals surface area contributed by atoms with Crippen LogP contribution in [0.2, 0.25) is 0 Å². The number of benzene rings is 1. The lowest BCUT2D eigenvalue weighted by atomic mass is 9.81. The van der Waals surface area contributed by atoms with Crippen LogP contribution in [-0.4, -0.2) is 52.6 Å². The maximum absolute atomic E-state index is 13.0. The fourth-order valence-electron chi connectivity index (χ4n) is 4.86. The molecule has 2 heterocycles. The van der Waals surface area contributed by atoms with Crippen molar-refractivity contribution in [2.24, 2.45) is 5.92 Å². The van der Waals surface area contributed by atoms with Gasteiger partial charge in [0.05, 0.1) is 17.3 Å². The highest BCUT2D eigenvalue weighted by atomic mass is 32.2. The van der Waals surface area contributed by atoms with E-state index in [0.717, 1.165) is 44.8 Å². The van der Waals surface area contributed by atoms with Gasteiger partial charge in [-0.25, -0.2) is 0 Å². The summed E-state index contributed by atoms with van der Waals surface area (Å²) >= 11 is 1.48. The zero-order valence-electron chi connectivity index (χ0n) is 16.1. The first-order valence-corrected chi connectivity index (χ1v) is 11.4. The van der Waals surface area contributed by atoms with Crippen LogP contribution in [0.1, 0.15) is 43.2 Å². The monoisotopic (exact) mass is 400 g/mol. The Labute approximate surface area is 170 Å². The van der Waals surface area contributed by atoms with Crippen LogP contribution >= 0.6 is 11.8 Å². The average Bonchev–Trinajstić information content (AvgIpc) is 3.40. The third-order valence-electron chi connectivity index (χ3n) is 6.45. The van der Waals surface area contributed by atoms with Crippen LogP contribution in [0.4, 0.5) is 0 Å². The molecule has 0 aromatic heterocycles. The summed E-state index contributed by atoms with van der Waals surface area (Å²) < 4.78 is 0. The summed E-state index contributed by atoms with van der Waals surface area (Å²) in [7, 11) is 0. The molecule has 6 heteroatoms. The Hall–Kier alpha value is -1.66. The molecular formula is C22H28N2O3S. The van der Waals surface area contributed by atoms with Crippen molar-refractivity contribution in [2.75, 3.05) is 12.4 Å². The number of aldehydes is 1. The lowest BCUT2D eigenvalue weighted by molar-refractivity contribution is -0.137. The first-order valence-electron chi connectivity index (χ1n) is 10.4. The fraction of sp³-hybridized carbons (Fsp3) is 0.591. The van der Waals surface area contributed by atoms with Crippen molar-refractivity contribution in [1.29, 1.82) is 0 Å². The van der Waals surface area contributed by atoms with Gasteiger partial charge in [-0.05, 0) is 55.6 Å². The van der Waals surface area contributed by atoms with E-state index in [1.54, 1.807) is 4.90 Å². The fourth-order valence-corrected chi connectivity index (χ4v) is 6.02. The molecule has 0 radical (unpaired) electrons. The van der Waals surface area contributed by atoms with Crippen LogP contribution in [0.25, 0.3) is 0 Å². The standard InChI is InChI=1S/C22H28N2O3S/c25-13-18-22(28-14-23-18)21(27)19-6-3-11-24(19)20(26)10-8-15-7-9-16-4-1-2-5-17(16)12-15/h1-2,4-5,13,15,18-19,22-23H,3,6-12,14H2/t15-,18-,19+,22?/m1/s1. The van der Waals surface area contributed by atoms with Gasteiger partial charge in [-0.3, -0.25) is 14.9 Å². The van der Waals surface area contributed by atoms with Crippen LogP contribution in [0.5, 0.6) is 0 Å². The maximum atomic E-state index is 13.0. The Kier molecular flexibility index (Phi) is 6.16. The van der Waals surface area contributed by atoms with Crippen LogP contribution in [0, 0.1) is 5.92 Å². The van der Waals surface area contributed by atoms with Gasteiger partial charge in [-0.1, -0.05) is 24.3 Å². The number of nitrogens with zero attached hydrogens (tertiary/aromatic N) is 1. The number of aryl methyl sites for hydroxylation is 1. The van der Waals surface area contributed by atoms with E-state index in [9.17, 15) is 14.4 Å². The number of nitrogens with one attached hydrogen (secondary N) is 1. The number of carbonyl (C=O) groups is 3. The van der Waals surface area contributed by atoms with Gasteiger partial charge in [0, 0.05) is 18.8 Å². The van der Waals surface area contributed by atoms with Gasteiger partial charge in [0.1, 0.15) is 6.29 Å². The largest absolute Gasteiger partial charge is 0.333 e. The second-order valence-corrected chi connectivity index (χ2v) is 9.29. The Balaban J connectivity index is 1.33. The van der Waals surface area contributed by atoms with Gasteiger partial charge in [0.15, 0.2) is 5.78 Å². The van der Waals surface area contributed by atoms with E-state index in [4.69, 9.17) is 0 Å². The predicted molar refractivity (Wildman–Crippen MR) is 110 cm³/mol. The Morgan fingerprint density at radius 3 is 2.86 bits per heavy atom.